The third kappa shape index (κ3) is 4.41. The Labute approximate surface area is 129 Å². The van der Waals surface area contributed by atoms with Crippen LogP contribution in [0.1, 0.15) is 56.8 Å². The number of benzene rings is 1. The average Bonchev–Trinajstić information content (AvgIpc) is 2.72. The van der Waals surface area contributed by atoms with Crippen LogP contribution in [-0.4, -0.2) is 30.3 Å². The molecular weight excluding hydrogens is 258 g/mol. The topological polar surface area (TPSA) is 20.3 Å². The third-order valence-electron chi connectivity index (χ3n) is 4.79. The summed E-state index contributed by atoms with van der Waals surface area (Å²) in [6.45, 7) is 9.63. The van der Waals surface area contributed by atoms with Gasteiger partial charge in [0.2, 0.25) is 0 Å². The van der Waals surface area contributed by atoms with Gasteiger partial charge in [-0.05, 0) is 38.3 Å². The standard InChI is InChI=1S/C19H29NO/c1-4-16-9-8-13-20(14-12-16)15-19(2,3)18(21)17-10-6-5-7-11-17/h5-7,10-11,16H,4,8-9,12-15H2,1-3H3. The maximum Gasteiger partial charge on any atom is 0.169 e. The van der Waals surface area contributed by atoms with Gasteiger partial charge < -0.3 is 4.90 Å². The van der Waals surface area contributed by atoms with E-state index in [0.717, 1.165) is 31.1 Å². The predicted molar refractivity (Wildman–Crippen MR) is 88.6 cm³/mol. The van der Waals surface area contributed by atoms with E-state index in [1.165, 1.54) is 25.7 Å². The van der Waals surface area contributed by atoms with Crippen molar-refractivity contribution < 1.29 is 4.79 Å². The molecule has 116 valence electrons. The monoisotopic (exact) mass is 287 g/mol. The highest BCUT2D eigenvalue weighted by molar-refractivity contribution is 6.00. The first kappa shape index (κ1) is 16.2. The molecule has 0 saturated carbocycles. The number of hydrogen-bond donors (Lipinski definition) is 0. The van der Waals surface area contributed by atoms with Gasteiger partial charge in [0, 0.05) is 17.5 Å². The molecule has 1 unspecified atom stereocenters. The maximum atomic E-state index is 12.7. The summed E-state index contributed by atoms with van der Waals surface area (Å²) < 4.78 is 0. The lowest BCUT2D eigenvalue weighted by molar-refractivity contribution is 0.0766. The van der Waals surface area contributed by atoms with Gasteiger partial charge in [0.15, 0.2) is 5.78 Å². The van der Waals surface area contributed by atoms with E-state index in [0.29, 0.717) is 0 Å². The summed E-state index contributed by atoms with van der Waals surface area (Å²) in [6, 6.07) is 9.71. The van der Waals surface area contributed by atoms with Crippen LogP contribution in [0, 0.1) is 11.3 Å². The summed E-state index contributed by atoms with van der Waals surface area (Å²) >= 11 is 0. The SMILES string of the molecule is CCC1CCCN(CC(C)(C)C(=O)c2ccccc2)CC1. The molecular formula is C19H29NO. The van der Waals surface area contributed by atoms with E-state index in [1.807, 2.05) is 30.3 Å². The number of nitrogens with zero attached hydrogens (tertiary/aromatic N) is 1. The van der Waals surface area contributed by atoms with Crippen molar-refractivity contribution in [1.29, 1.82) is 0 Å². The van der Waals surface area contributed by atoms with Gasteiger partial charge in [-0.3, -0.25) is 4.79 Å². The van der Waals surface area contributed by atoms with Gasteiger partial charge in [0.1, 0.15) is 0 Å². The van der Waals surface area contributed by atoms with Gasteiger partial charge >= 0.3 is 0 Å². The first-order valence-corrected chi connectivity index (χ1v) is 8.35. The fourth-order valence-electron chi connectivity index (χ4n) is 3.40. The smallest absolute Gasteiger partial charge is 0.169 e. The van der Waals surface area contributed by atoms with Crippen LogP contribution >= 0.6 is 0 Å². The normalized spacial score (nSPS) is 21.0. The molecule has 1 atom stereocenters. The Morgan fingerprint density at radius 2 is 1.90 bits per heavy atom. The van der Waals surface area contributed by atoms with Crippen LogP contribution in [0.25, 0.3) is 0 Å². The molecule has 21 heavy (non-hydrogen) atoms. The summed E-state index contributed by atoms with van der Waals surface area (Å²) in [4.78, 5) is 15.2. The van der Waals surface area contributed by atoms with E-state index in [9.17, 15) is 4.79 Å². The highest BCUT2D eigenvalue weighted by atomic mass is 16.1. The number of rotatable bonds is 5. The first-order valence-electron chi connectivity index (χ1n) is 8.35. The summed E-state index contributed by atoms with van der Waals surface area (Å²) in [5.41, 5.74) is 0.525. The molecule has 2 heteroatoms. The molecule has 1 aliphatic heterocycles. The summed E-state index contributed by atoms with van der Waals surface area (Å²) in [5.74, 6) is 1.14. The minimum Gasteiger partial charge on any atom is -0.302 e. The Hall–Kier alpha value is -1.15. The zero-order valence-corrected chi connectivity index (χ0v) is 13.8. The van der Waals surface area contributed by atoms with Gasteiger partial charge in [-0.2, -0.15) is 0 Å². The Balaban J connectivity index is 1.98. The molecule has 0 aromatic heterocycles. The molecule has 0 aliphatic carbocycles. The molecule has 0 spiro atoms. The first-order chi connectivity index (χ1) is 10.0. The third-order valence-corrected chi connectivity index (χ3v) is 4.79. The minimum atomic E-state index is -0.312. The van der Waals surface area contributed by atoms with Crippen molar-refractivity contribution in [2.75, 3.05) is 19.6 Å². The highest BCUT2D eigenvalue weighted by Crippen LogP contribution is 2.26. The molecule has 1 fully saturated rings. The van der Waals surface area contributed by atoms with Crippen molar-refractivity contribution in [3.63, 3.8) is 0 Å². The molecule has 0 radical (unpaired) electrons. The van der Waals surface area contributed by atoms with Crippen molar-refractivity contribution in [3.05, 3.63) is 35.9 Å². The van der Waals surface area contributed by atoms with Crippen LogP contribution in [0.5, 0.6) is 0 Å². The van der Waals surface area contributed by atoms with Crippen LogP contribution < -0.4 is 0 Å². The Morgan fingerprint density at radius 3 is 2.57 bits per heavy atom. The molecule has 2 nitrogen and oxygen atoms in total. The van der Waals surface area contributed by atoms with E-state index in [2.05, 4.69) is 25.7 Å². The molecule has 1 aliphatic rings. The van der Waals surface area contributed by atoms with E-state index in [4.69, 9.17) is 0 Å². The maximum absolute atomic E-state index is 12.7. The second-order valence-electron chi connectivity index (χ2n) is 7.06. The zero-order valence-electron chi connectivity index (χ0n) is 13.8. The number of hydrogen-bond acceptors (Lipinski definition) is 2. The van der Waals surface area contributed by atoms with Crippen LogP contribution in [0.3, 0.4) is 0 Å². The number of likely N-dealkylation sites (tertiary alicyclic amines) is 1. The quantitative estimate of drug-likeness (QED) is 0.748. The van der Waals surface area contributed by atoms with Crippen molar-refractivity contribution in [1.82, 2.24) is 4.90 Å². The largest absolute Gasteiger partial charge is 0.302 e. The second-order valence-corrected chi connectivity index (χ2v) is 7.06. The lowest BCUT2D eigenvalue weighted by Gasteiger charge is -2.31. The van der Waals surface area contributed by atoms with Crippen LogP contribution in [0.2, 0.25) is 0 Å². The summed E-state index contributed by atoms with van der Waals surface area (Å²) in [7, 11) is 0. The Morgan fingerprint density at radius 1 is 1.19 bits per heavy atom. The van der Waals surface area contributed by atoms with Gasteiger partial charge in [0.05, 0.1) is 0 Å². The fraction of sp³-hybridized carbons (Fsp3) is 0.632. The van der Waals surface area contributed by atoms with Gasteiger partial charge in [-0.1, -0.05) is 57.5 Å². The summed E-state index contributed by atoms with van der Waals surface area (Å²) in [5, 5.41) is 0. The zero-order chi connectivity index (χ0) is 15.3. The average molecular weight is 287 g/mol. The fourth-order valence-corrected chi connectivity index (χ4v) is 3.40. The van der Waals surface area contributed by atoms with Crippen molar-refractivity contribution in [2.45, 2.75) is 46.5 Å². The minimum absolute atomic E-state index is 0.263. The Kier molecular flexibility index (Phi) is 5.58. The van der Waals surface area contributed by atoms with E-state index >= 15 is 0 Å². The highest BCUT2D eigenvalue weighted by Gasteiger charge is 2.31. The van der Waals surface area contributed by atoms with E-state index in [-0.39, 0.29) is 11.2 Å². The summed E-state index contributed by atoms with van der Waals surface area (Å²) in [6.07, 6.45) is 5.19. The van der Waals surface area contributed by atoms with Crippen molar-refractivity contribution in [2.24, 2.45) is 11.3 Å². The molecule has 0 bridgehead atoms. The van der Waals surface area contributed by atoms with Crippen molar-refractivity contribution >= 4 is 5.78 Å². The molecule has 2 rings (SSSR count). The molecule has 1 heterocycles. The van der Waals surface area contributed by atoms with Gasteiger partial charge in [-0.25, -0.2) is 0 Å². The van der Waals surface area contributed by atoms with Gasteiger partial charge in [0.25, 0.3) is 0 Å². The van der Waals surface area contributed by atoms with Crippen molar-refractivity contribution in [3.8, 4) is 0 Å². The molecule has 1 saturated heterocycles. The number of Topliss-reactive ketones (excluding diaryl/α,β-unsaturated/α-hetero) is 1. The number of carbonyl (C=O) groups excluding carboxylic acids is 1. The molecule has 1 aromatic rings. The van der Waals surface area contributed by atoms with Gasteiger partial charge in [-0.15, -0.1) is 0 Å². The molecule has 1 aromatic carbocycles. The second kappa shape index (κ2) is 7.22. The van der Waals surface area contributed by atoms with E-state index < -0.39 is 0 Å². The lowest BCUT2D eigenvalue weighted by atomic mass is 9.83. The lowest BCUT2D eigenvalue weighted by Crippen LogP contribution is -2.39. The number of carbonyl (C=O) groups is 1. The number of ketones is 1. The molecule has 0 amide bonds. The van der Waals surface area contributed by atoms with Crippen LogP contribution in [0.4, 0.5) is 0 Å². The predicted octanol–water partition coefficient (Wildman–Crippen LogP) is 4.41. The van der Waals surface area contributed by atoms with Crippen LogP contribution in [-0.2, 0) is 0 Å². The molecule has 0 N–H and O–H groups in total. The Bertz CT molecular complexity index is 452. The van der Waals surface area contributed by atoms with Crippen LogP contribution in [0.15, 0.2) is 30.3 Å². The van der Waals surface area contributed by atoms with E-state index in [1.54, 1.807) is 0 Å².